The number of imidazole rings is 1. The smallest absolute Gasteiger partial charge is 0.292 e. The van der Waals surface area contributed by atoms with Crippen molar-refractivity contribution in [2.75, 3.05) is 0 Å². The van der Waals surface area contributed by atoms with Crippen molar-refractivity contribution in [2.45, 2.75) is 26.2 Å². The highest BCUT2D eigenvalue weighted by Crippen LogP contribution is 2.22. The summed E-state index contributed by atoms with van der Waals surface area (Å²) in [5.74, 6) is -0.203. The largest absolute Gasteiger partial charge is 1.00 e. The second-order valence-corrected chi connectivity index (χ2v) is 6.98. The van der Waals surface area contributed by atoms with E-state index in [1.807, 2.05) is 12.1 Å². The van der Waals surface area contributed by atoms with Crippen LogP contribution in [0, 0.1) is 5.82 Å². The molecule has 0 saturated heterocycles. The van der Waals surface area contributed by atoms with Gasteiger partial charge in [0.2, 0.25) is 0 Å². The lowest BCUT2D eigenvalue weighted by atomic mass is 10.1. The van der Waals surface area contributed by atoms with E-state index in [-0.39, 0.29) is 29.8 Å². The molecule has 4 heteroatoms. The zero-order chi connectivity index (χ0) is 17.7. The molecule has 0 aliphatic carbocycles. The van der Waals surface area contributed by atoms with E-state index < -0.39 is 0 Å². The molecule has 0 saturated carbocycles. The Bertz CT molecular complexity index is 1290. The quantitative estimate of drug-likeness (QED) is 0.283. The fourth-order valence-electron chi connectivity index (χ4n) is 3.92. The number of aromatic nitrogens is 2. The van der Waals surface area contributed by atoms with Crippen molar-refractivity contribution < 1.29 is 32.8 Å². The molecule has 3 heterocycles. The summed E-state index contributed by atoms with van der Waals surface area (Å²) in [5.41, 5.74) is 5.80. The molecular formula is C23H20FIN2. The van der Waals surface area contributed by atoms with Gasteiger partial charge in [0.25, 0.3) is 5.65 Å². The predicted octanol–water partition coefficient (Wildman–Crippen LogP) is 2.47. The number of pyridine rings is 2. The highest BCUT2D eigenvalue weighted by Gasteiger charge is 2.17. The van der Waals surface area contributed by atoms with Crippen molar-refractivity contribution in [2.24, 2.45) is 0 Å². The van der Waals surface area contributed by atoms with Crippen LogP contribution < -0.4 is 28.4 Å². The van der Waals surface area contributed by atoms with Crippen LogP contribution in [-0.2, 0) is 6.42 Å². The first-order valence-corrected chi connectivity index (χ1v) is 9.21. The number of hydrogen-bond acceptors (Lipinski definition) is 0. The molecule has 0 amide bonds. The number of rotatable bonds is 3. The molecule has 0 spiro atoms. The van der Waals surface area contributed by atoms with Crippen LogP contribution in [0.25, 0.3) is 33.0 Å². The molecule has 5 aromatic rings. The van der Waals surface area contributed by atoms with Crippen LogP contribution in [0.4, 0.5) is 4.39 Å². The van der Waals surface area contributed by atoms with Gasteiger partial charge in [-0.2, -0.15) is 8.80 Å². The van der Waals surface area contributed by atoms with Crippen molar-refractivity contribution in [3.63, 3.8) is 0 Å². The number of benzene rings is 2. The number of nitrogens with zero attached hydrogens (tertiary/aromatic N) is 2. The normalized spacial score (nSPS) is 11.5. The molecule has 0 bridgehead atoms. The highest BCUT2D eigenvalue weighted by molar-refractivity contribution is 5.85. The second kappa shape index (κ2) is 7.08. The van der Waals surface area contributed by atoms with Crippen molar-refractivity contribution in [3.8, 4) is 0 Å². The fourth-order valence-corrected chi connectivity index (χ4v) is 3.92. The van der Waals surface area contributed by atoms with Crippen LogP contribution >= 0.6 is 0 Å². The Labute approximate surface area is 174 Å². The van der Waals surface area contributed by atoms with E-state index in [4.69, 9.17) is 0 Å². The van der Waals surface area contributed by atoms with E-state index in [0.717, 1.165) is 28.5 Å². The minimum Gasteiger partial charge on any atom is -1.00 e. The van der Waals surface area contributed by atoms with Crippen LogP contribution in [0.2, 0.25) is 0 Å². The van der Waals surface area contributed by atoms with Gasteiger partial charge in [0.15, 0.2) is 5.52 Å². The SMILES string of the molecule is CCCCc1ccc2c(ccc3n4c(ccc5cc(F)ccc54)c[n+]23)c1.[I-]. The lowest BCUT2D eigenvalue weighted by Crippen LogP contribution is -3.00. The first-order valence-electron chi connectivity index (χ1n) is 9.21. The van der Waals surface area contributed by atoms with Gasteiger partial charge >= 0.3 is 0 Å². The van der Waals surface area contributed by atoms with Crippen LogP contribution in [0.5, 0.6) is 0 Å². The standard InChI is InChI=1S/C23H20FN2.HI/c1-2-3-4-16-5-10-21-17(13-16)7-12-23-25(21)15-20-9-6-18-14-19(24)8-11-22(18)26(20)23;/h5-15H,2-4H2,1H3;1H/q+1;/p-1. The molecule has 5 rings (SSSR count). The topological polar surface area (TPSA) is 8.51 Å². The summed E-state index contributed by atoms with van der Waals surface area (Å²) in [5, 5.41) is 2.16. The maximum Gasteiger partial charge on any atom is 0.292 e. The summed E-state index contributed by atoms with van der Waals surface area (Å²) in [6, 6.07) is 20.1. The summed E-state index contributed by atoms with van der Waals surface area (Å²) in [6.07, 6.45) is 5.72. The van der Waals surface area contributed by atoms with Crippen LogP contribution in [-0.4, -0.2) is 4.40 Å². The molecular weight excluding hydrogens is 450 g/mol. The molecule has 136 valence electrons. The molecule has 0 radical (unpaired) electrons. The maximum absolute atomic E-state index is 13.6. The van der Waals surface area contributed by atoms with Gasteiger partial charge in [-0.25, -0.2) is 4.39 Å². The molecule has 3 aromatic heterocycles. The fraction of sp³-hybridized carbons (Fsp3) is 0.174. The number of unbranched alkanes of at least 4 members (excludes halogenated alkanes) is 1. The third-order valence-electron chi connectivity index (χ3n) is 5.24. The Morgan fingerprint density at radius 2 is 1.78 bits per heavy atom. The summed E-state index contributed by atoms with van der Waals surface area (Å²) in [4.78, 5) is 0. The van der Waals surface area contributed by atoms with Crippen LogP contribution in [0.3, 0.4) is 0 Å². The van der Waals surface area contributed by atoms with Gasteiger partial charge in [-0.15, -0.1) is 0 Å². The summed E-state index contributed by atoms with van der Waals surface area (Å²) in [6.45, 7) is 2.23. The first-order chi connectivity index (χ1) is 12.7. The monoisotopic (exact) mass is 470 g/mol. The average Bonchev–Trinajstić information content (AvgIpc) is 3.05. The van der Waals surface area contributed by atoms with Gasteiger partial charge in [0.05, 0.1) is 0 Å². The van der Waals surface area contributed by atoms with Crippen LogP contribution in [0.15, 0.2) is 66.9 Å². The predicted molar refractivity (Wildman–Crippen MR) is 104 cm³/mol. The van der Waals surface area contributed by atoms with Gasteiger partial charge in [-0.3, -0.25) is 0 Å². The van der Waals surface area contributed by atoms with E-state index in [2.05, 4.69) is 58.3 Å². The number of halogens is 2. The summed E-state index contributed by atoms with van der Waals surface area (Å²) in [7, 11) is 0. The molecule has 0 aliphatic rings. The van der Waals surface area contributed by atoms with E-state index in [0.29, 0.717) is 0 Å². The van der Waals surface area contributed by atoms with Gasteiger partial charge in [0.1, 0.15) is 23.0 Å². The molecule has 27 heavy (non-hydrogen) atoms. The van der Waals surface area contributed by atoms with Gasteiger partial charge in [0, 0.05) is 16.8 Å². The molecule has 0 fully saturated rings. The first kappa shape index (κ1) is 18.2. The van der Waals surface area contributed by atoms with Crippen molar-refractivity contribution in [3.05, 3.63) is 78.2 Å². The van der Waals surface area contributed by atoms with Crippen molar-refractivity contribution >= 4 is 33.0 Å². The van der Waals surface area contributed by atoms with E-state index in [9.17, 15) is 4.39 Å². The molecule has 2 nitrogen and oxygen atoms in total. The second-order valence-electron chi connectivity index (χ2n) is 6.98. The zero-order valence-electron chi connectivity index (χ0n) is 15.1. The molecule has 0 aliphatic heterocycles. The van der Waals surface area contributed by atoms with E-state index >= 15 is 0 Å². The number of fused-ring (bicyclic) bond motifs is 7. The van der Waals surface area contributed by atoms with E-state index in [1.165, 1.54) is 35.4 Å². The molecule has 0 unspecified atom stereocenters. The summed E-state index contributed by atoms with van der Waals surface area (Å²) >= 11 is 0. The van der Waals surface area contributed by atoms with Gasteiger partial charge in [-0.1, -0.05) is 19.4 Å². The number of hydrogen-bond donors (Lipinski definition) is 0. The van der Waals surface area contributed by atoms with Gasteiger partial charge < -0.3 is 24.0 Å². The Hall–Kier alpha value is -2.21. The van der Waals surface area contributed by atoms with Gasteiger partial charge in [-0.05, 0) is 66.9 Å². The zero-order valence-corrected chi connectivity index (χ0v) is 17.3. The molecule has 0 atom stereocenters. The van der Waals surface area contributed by atoms with Crippen molar-refractivity contribution in [1.82, 2.24) is 4.40 Å². The highest BCUT2D eigenvalue weighted by atomic mass is 127. The Morgan fingerprint density at radius 1 is 0.926 bits per heavy atom. The maximum atomic E-state index is 13.6. The average molecular weight is 470 g/mol. The van der Waals surface area contributed by atoms with Crippen molar-refractivity contribution in [1.29, 1.82) is 0 Å². The Kier molecular flexibility index (Phi) is 4.76. The molecule has 2 aromatic carbocycles. The minimum absolute atomic E-state index is 0. The number of aryl methyl sites for hydroxylation is 1. The third-order valence-corrected chi connectivity index (χ3v) is 5.24. The minimum atomic E-state index is -0.203. The summed E-state index contributed by atoms with van der Waals surface area (Å²) < 4.78 is 18.0. The lowest BCUT2D eigenvalue weighted by molar-refractivity contribution is -0.479. The Balaban J connectivity index is 0.00000180. The molecule has 0 N–H and O–H groups in total. The van der Waals surface area contributed by atoms with Crippen LogP contribution in [0.1, 0.15) is 25.3 Å². The van der Waals surface area contributed by atoms with E-state index in [1.54, 1.807) is 6.07 Å². The third kappa shape index (κ3) is 2.96. The Morgan fingerprint density at radius 3 is 2.63 bits per heavy atom. The lowest BCUT2D eigenvalue weighted by Gasteiger charge is -2.02.